The first kappa shape index (κ1) is 13.2. The van der Waals surface area contributed by atoms with Crippen molar-refractivity contribution in [2.75, 3.05) is 23.7 Å². The predicted molar refractivity (Wildman–Crippen MR) is 72.2 cm³/mol. The molecule has 102 valence electrons. The minimum absolute atomic E-state index is 0.0473. The molecule has 6 nitrogen and oxygen atoms in total. The fourth-order valence-corrected chi connectivity index (χ4v) is 2.40. The van der Waals surface area contributed by atoms with Gasteiger partial charge in [0.05, 0.1) is 16.9 Å². The molecule has 1 aliphatic rings. The number of piperazine rings is 1. The van der Waals surface area contributed by atoms with E-state index < -0.39 is 5.97 Å². The number of benzene rings is 1. The first-order chi connectivity index (χ1) is 9.06. The molecule has 4 N–H and O–H groups in total. The third-order valence-corrected chi connectivity index (χ3v) is 3.34. The van der Waals surface area contributed by atoms with Gasteiger partial charge in [-0.15, -0.1) is 0 Å². The van der Waals surface area contributed by atoms with Crippen molar-refractivity contribution >= 4 is 23.3 Å². The molecule has 1 amide bonds. The van der Waals surface area contributed by atoms with Crippen LogP contribution in [0.15, 0.2) is 18.2 Å². The smallest absolute Gasteiger partial charge is 0.337 e. The molecule has 1 aliphatic heterocycles. The summed E-state index contributed by atoms with van der Waals surface area (Å²) in [5, 5.41) is 11.9. The number of anilines is 2. The van der Waals surface area contributed by atoms with Gasteiger partial charge in [-0.05, 0) is 18.6 Å². The van der Waals surface area contributed by atoms with Gasteiger partial charge in [-0.1, -0.05) is 13.0 Å². The van der Waals surface area contributed by atoms with Gasteiger partial charge < -0.3 is 21.1 Å². The van der Waals surface area contributed by atoms with Crippen molar-refractivity contribution < 1.29 is 14.7 Å². The van der Waals surface area contributed by atoms with E-state index in [4.69, 9.17) is 10.8 Å². The Morgan fingerprint density at radius 2 is 2.32 bits per heavy atom. The summed E-state index contributed by atoms with van der Waals surface area (Å²) in [6, 6.07) is 4.56. The lowest BCUT2D eigenvalue weighted by Gasteiger charge is -2.37. The molecule has 0 aliphatic carbocycles. The van der Waals surface area contributed by atoms with Crippen molar-refractivity contribution in [1.82, 2.24) is 5.32 Å². The summed E-state index contributed by atoms with van der Waals surface area (Å²) in [6.07, 6.45) is 0.641. The Bertz CT molecular complexity index is 516. The molecular formula is C13H17N3O3. The Hall–Kier alpha value is -2.24. The van der Waals surface area contributed by atoms with Gasteiger partial charge in [0.2, 0.25) is 5.91 Å². The van der Waals surface area contributed by atoms with Crippen molar-refractivity contribution in [1.29, 1.82) is 0 Å². The first-order valence-corrected chi connectivity index (χ1v) is 6.22. The average molecular weight is 263 g/mol. The van der Waals surface area contributed by atoms with Gasteiger partial charge in [-0.2, -0.15) is 0 Å². The standard InChI is InChI=1S/C13H17N3O3/c1-2-9-12(17)15-6-7-16(9)10-5-3-4-8(11(10)14)13(18)19/h3-5,9H,2,6-7,14H2,1H3,(H,15,17)(H,18,19). The molecule has 2 rings (SSSR count). The molecule has 1 fully saturated rings. The molecule has 0 aromatic heterocycles. The first-order valence-electron chi connectivity index (χ1n) is 6.22. The number of hydrogen-bond acceptors (Lipinski definition) is 4. The third-order valence-electron chi connectivity index (χ3n) is 3.34. The molecular weight excluding hydrogens is 246 g/mol. The minimum atomic E-state index is -1.06. The topological polar surface area (TPSA) is 95.7 Å². The maximum absolute atomic E-state index is 11.8. The summed E-state index contributed by atoms with van der Waals surface area (Å²) in [4.78, 5) is 24.8. The van der Waals surface area contributed by atoms with Crippen LogP contribution in [0.25, 0.3) is 0 Å². The summed E-state index contributed by atoms with van der Waals surface area (Å²) in [5.41, 5.74) is 6.82. The van der Waals surface area contributed by atoms with E-state index in [1.807, 2.05) is 11.8 Å². The number of amides is 1. The number of nitrogens with one attached hydrogen (secondary N) is 1. The van der Waals surface area contributed by atoms with Crippen LogP contribution in [0.4, 0.5) is 11.4 Å². The van der Waals surface area contributed by atoms with Crippen molar-refractivity contribution in [3.63, 3.8) is 0 Å². The second-order valence-corrected chi connectivity index (χ2v) is 4.45. The van der Waals surface area contributed by atoms with Crippen LogP contribution in [-0.4, -0.2) is 36.1 Å². The van der Waals surface area contributed by atoms with Crippen molar-refractivity contribution in [2.24, 2.45) is 0 Å². The van der Waals surface area contributed by atoms with E-state index in [-0.39, 0.29) is 23.2 Å². The number of rotatable bonds is 3. The second kappa shape index (κ2) is 5.17. The second-order valence-electron chi connectivity index (χ2n) is 4.45. The summed E-state index contributed by atoms with van der Waals surface area (Å²) in [6.45, 7) is 3.07. The molecule has 1 heterocycles. The van der Waals surface area contributed by atoms with Crippen LogP contribution in [0.5, 0.6) is 0 Å². The number of para-hydroxylation sites is 1. The number of carbonyl (C=O) groups is 2. The van der Waals surface area contributed by atoms with E-state index in [1.165, 1.54) is 6.07 Å². The molecule has 1 saturated heterocycles. The highest BCUT2D eigenvalue weighted by Gasteiger charge is 2.30. The predicted octanol–water partition coefficient (Wildman–Crippen LogP) is 0.682. The zero-order valence-electron chi connectivity index (χ0n) is 10.7. The van der Waals surface area contributed by atoms with Crippen molar-refractivity contribution in [3.8, 4) is 0 Å². The molecule has 0 saturated carbocycles. The Morgan fingerprint density at radius 3 is 2.95 bits per heavy atom. The molecule has 0 spiro atoms. The lowest BCUT2D eigenvalue weighted by atomic mass is 10.1. The lowest BCUT2D eigenvalue weighted by molar-refractivity contribution is -0.123. The van der Waals surface area contributed by atoms with Crippen LogP contribution in [0.3, 0.4) is 0 Å². The van der Waals surface area contributed by atoms with Crippen LogP contribution in [0.2, 0.25) is 0 Å². The van der Waals surface area contributed by atoms with Crippen LogP contribution in [0.1, 0.15) is 23.7 Å². The van der Waals surface area contributed by atoms with E-state index in [1.54, 1.807) is 12.1 Å². The van der Waals surface area contributed by atoms with Crippen LogP contribution >= 0.6 is 0 Å². The molecule has 1 atom stereocenters. The van der Waals surface area contributed by atoms with E-state index in [9.17, 15) is 9.59 Å². The number of carboxylic acid groups (broad SMARTS) is 1. The van der Waals surface area contributed by atoms with Crippen LogP contribution in [0, 0.1) is 0 Å². The number of nitrogen functional groups attached to an aromatic ring is 1. The summed E-state index contributed by atoms with van der Waals surface area (Å²) < 4.78 is 0. The molecule has 0 bridgehead atoms. The zero-order valence-corrected chi connectivity index (χ0v) is 10.7. The zero-order chi connectivity index (χ0) is 14.0. The maximum Gasteiger partial charge on any atom is 0.337 e. The number of hydrogen-bond donors (Lipinski definition) is 3. The largest absolute Gasteiger partial charge is 0.478 e. The van der Waals surface area contributed by atoms with Crippen LogP contribution in [-0.2, 0) is 4.79 Å². The fraction of sp³-hybridized carbons (Fsp3) is 0.385. The van der Waals surface area contributed by atoms with E-state index >= 15 is 0 Å². The minimum Gasteiger partial charge on any atom is -0.478 e. The number of nitrogens with two attached hydrogens (primary N) is 1. The average Bonchev–Trinajstić information content (AvgIpc) is 2.38. The van der Waals surface area contributed by atoms with Gasteiger partial charge >= 0.3 is 5.97 Å². The molecule has 1 unspecified atom stereocenters. The van der Waals surface area contributed by atoms with E-state index in [0.717, 1.165) is 0 Å². The summed E-state index contributed by atoms with van der Waals surface area (Å²) in [7, 11) is 0. The number of nitrogens with zero attached hydrogens (tertiary/aromatic N) is 1. The lowest BCUT2D eigenvalue weighted by Crippen LogP contribution is -2.55. The Balaban J connectivity index is 2.43. The summed E-state index contributed by atoms with van der Waals surface area (Å²) in [5.74, 6) is -1.11. The molecule has 1 aromatic rings. The van der Waals surface area contributed by atoms with Gasteiger partial charge in [0.15, 0.2) is 0 Å². The highest BCUT2D eigenvalue weighted by Crippen LogP contribution is 2.29. The Morgan fingerprint density at radius 1 is 1.58 bits per heavy atom. The Kier molecular flexibility index (Phi) is 3.59. The molecule has 0 radical (unpaired) electrons. The maximum atomic E-state index is 11.8. The van der Waals surface area contributed by atoms with Gasteiger partial charge in [0, 0.05) is 13.1 Å². The number of aromatic carboxylic acids is 1. The van der Waals surface area contributed by atoms with Gasteiger partial charge in [-0.25, -0.2) is 4.79 Å². The van der Waals surface area contributed by atoms with Gasteiger partial charge in [-0.3, -0.25) is 4.79 Å². The quantitative estimate of drug-likeness (QED) is 0.697. The summed E-state index contributed by atoms with van der Waals surface area (Å²) >= 11 is 0. The fourth-order valence-electron chi connectivity index (χ4n) is 2.40. The molecule has 19 heavy (non-hydrogen) atoms. The van der Waals surface area contributed by atoms with E-state index in [0.29, 0.717) is 25.2 Å². The molecule has 6 heteroatoms. The normalized spacial score (nSPS) is 19.1. The monoisotopic (exact) mass is 263 g/mol. The Labute approximate surface area is 111 Å². The SMILES string of the molecule is CCC1C(=O)NCCN1c1cccc(C(=O)O)c1N. The van der Waals surface area contributed by atoms with E-state index in [2.05, 4.69) is 5.32 Å². The molecule has 1 aromatic carbocycles. The van der Waals surface area contributed by atoms with Crippen molar-refractivity contribution in [3.05, 3.63) is 23.8 Å². The third kappa shape index (κ3) is 2.33. The number of carbonyl (C=O) groups excluding carboxylic acids is 1. The van der Waals surface area contributed by atoms with Crippen molar-refractivity contribution in [2.45, 2.75) is 19.4 Å². The van der Waals surface area contributed by atoms with Crippen LogP contribution < -0.4 is 16.0 Å². The van der Waals surface area contributed by atoms with Gasteiger partial charge in [0.25, 0.3) is 0 Å². The number of carboxylic acids is 1. The highest BCUT2D eigenvalue weighted by molar-refractivity contribution is 5.98. The highest BCUT2D eigenvalue weighted by atomic mass is 16.4. The van der Waals surface area contributed by atoms with Gasteiger partial charge in [0.1, 0.15) is 6.04 Å².